The van der Waals surface area contributed by atoms with Crippen molar-refractivity contribution >= 4 is 5.69 Å². The van der Waals surface area contributed by atoms with Crippen molar-refractivity contribution in [3.63, 3.8) is 0 Å². The van der Waals surface area contributed by atoms with E-state index in [-0.39, 0.29) is 0 Å². The molecular weight excluding hydrogens is 663 g/mol. The number of fused-ring (bicyclic) bond motifs is 4. The van der Waals surface area contributed by atoms with Gasteiger partial charge < -0.3 is 34.9 Å². The van der Waals surface area contributed by atoms with Crippen LogP contribution in [0.4, 0.5) is 5.69 Å². The number of hydrogen-bond donors (Lipinski definition) is 3. The molecule has 7 nitrogen and oxygen atoms in total. The van der Waals surface area contributed by atoms with Crippen molar-refractivity contribution in [2.24, 2.45) is 0 Å². The van der Waals surface area contributed by atoms with Crippen molar-refractivity contribution in [3.05, 3.63) is 209 Å². The molecule has 9 rings (SSSR count). The Morgan fingerprint density at radius 3 is 0.943 bits per heavy atom. The largest absolute Gasteiger partial charge is 0.497 e. The fourth-order valence-corrected chi connectivity index (χ4v) is 6.68. The van der Waals surface area contributed by atoms with E-state index in [2.05, 4.69) is 0 Å². The third-order valence-corrected chi connectivity index (χ3v) is 9.36. The lowest BCUT2D eigenvalue weighted by atomic mass is 9.78. The van der Waals surface area contributed by atoms with E-state index in [0.29, 0.717) is 23.0 Å². The minimum absolute atomic E-state index is 0.671. The van der Waals surface area contributed by atoms with E-state index in [4.69, 9.17) is 24.7 Å². The molecule has 2 heterocycles. The van der Waals surface area contributed by atoms with Crippen molar-refractivity contribution in [1.29, 1.82) is 0 Å². The van der Waals surface area contributed by atoms with Crippen LogP contribution in [0.1, 0.15) is 33.4 Å². The second kappa shape index (κ2) is 15.0. The Bertz CT molecular complexity index is 2070. The SMILES string of the molecule is COc1ccc(C2(O)c3ccccc3Oc3ccccc32)cc1.COc1ccc(C2(O)c3ccccc3Oc3ccccc32)cc1.Nc1ccccc1. The molecule has 0 saturated heterocycles. The zero-order chi connectivity index (χ0) is 36.8. The summed E-state index contributed by atoms with van der Waals surface area (Å²) in [5, 5.41) is 23.4. The van der Waals surface area contributed by atoms with E-state index in [1.807, 2.05) is 176 Å². The van der Waals surface area contributed by atoms with Gasteiger partial charge in [-0.2, -0.15) is 0 Å². The summed E-state index contributed by atoms with van der Waals surface area (Å²) in [6, 6.07) is 54.8. The molecule has 0 unspecified atom stereocenters. The highest BCUT2D eigenvalue weighted by Gasteiger charge is 2.43. The molecule has 7 aromatic rings. The van der Waals surface area contributed by atoms with Crippen molar-refractivity contribution in [1.82, 2.24) is 0 Å². The minimum atomic E-state index is -1.25. The predicted octanol–water partition coefficient (Wildman–Crippen LogP) is 9.44. The number of anilines is 1. The second-order valence-corrected chi connectivity index (χ2v) is 12.5. The zero-order valence-corrected chi connectivity index (χ0v) is 29.3. The molecular formula is C46H39NO6. The highest BCUT2D eigenvalue weighted by atomic mass is 16.5. The lowest BCUT2D eigenvalue weighted by Gasteiger charge is -2.36. The number of benzene rings is 7. The van der Waals surface area contributed by atoms with Crippen molar-refractivity contribution < 1.29 is 29.2 Å². The first-order chi connectivity index (χ1) is 25.9. The van der Waals surface area contributed by atoms with Crippen molar-refractivity contribution in [2.75, 3.05) is 20.0 Å². The standard InChI is InChI=1S/2C20H16O3.C6H7N/c2*1-22-15-12-10-14(11-13-15)20(21)16-6-2-4-8-18(16)23-19-9-5-3-7-17(19)20;7-6-4-2-1-3-5-6/h2*2-13,21H,1H3;1-5H,7H2. The number of nitrogen functional groups attached to an aromatic ring is 1. The molecule has 0 bridgehead atoms. The number of ether oxygens (including phenoxy) is 4. The molecule has 7 aromatic carbocycles. The van der Waals surface area contributed by atoms with Crippen LogP contribution in [0.3, 0.4) is 0 Å². The Kier molecular flexibility index (Phi) is 9.86. The van der Waals surface area contributed by atoms with Gasteiger partial charge in [-0.25, -0.2) is 0 Å². The lowest BCUT2D eigenvalue weighted by molar-refractivity contribution is 0.112. The lowest BCUT2D eigenvalue weighted by Crippen LogP contribution is -2.32. The normalized spacial score (nSPS) is 13.6. The molecule has 53 heavy (non-hydrogen) atoms. The van der Waals surface area contributed by atoms with E-state index < -0.39 is 11.2 Å². The molecule has 2 aliphatic heterocycles. The fraction of sp³-hybridized carbons (Fsp3) is 0.0870. The van der Waals surface area contributed by atoms with Crippen LogP contribution in [0, 0.1) is 0 Å². The fourth-order valence-electron chi connectivity index (χ4n) is 6.68. The molecule has 0 radical (unpaired) electrons. The Morgan fingerprint density at radius 1 is 0.396 bits per heavy atom. The number of methoxy groups -OCH3 is 2. The summed E-state index contributed by atoms with van der Waals surface area (Å²) in [5.41, 5.74) is 8.19. The van der Waals surface area contributed by atoms with Crippen LogP contribution in [0.2, 0.25) is 0 Å². The Balaban J connectivity index is 0.000000139. The summed E-state index contributed by atoms with van der Waals surface area (Å²) in [6.45, 7) is 0. The molecule has 2 aliphatic rings. The van der Waals surface area contributed by atoms with Gasteiger partial charge in [-0.1, -0.05) is 115 Å². The van der Waals surface area contributed by atoms with Crippen molar-refractivity contribution in [3.8, 4) is 34.5 Å². The maximum atomic E-state index is 11.7. The van der Waals surface area contributed by atoms with E-state index in [9.17, 15) is 10.2 Å². The molecule has 0 spiro atoms. The third-order valence-electron chi connectivity index (χ3n) is 9.36. The van der Waals surface area contributed by atoms with Gasteiger partial charge in [0.2, 0.25) is 0 Å². The molecule has 4 N–H and O–H groups in total. The minimum Gasteiger partial charge on any atom is -0.497 e. The van der Waals surface area contributed by atoms with Crippen LogP contribution < -0.4 is 24.7 Å². The molecule has 0 aliphatic carbocycles. The Hall–Kier alpha value is -6.54. The van der Waals surface area contributed by atoms with Gasteiger partial charge in [0.15, 0.2) is 0 Å². The summed E-state index contributed by atoms with van der Waals surface area (Å²) in [6.07, 6.45) is 0. The molecule has 0 aromatic heterocycles. The van der Waals surface area contributed by atoms with E-state index in [0.717, 1.165) is 50.6 Å². The van der Waals surface area contributed by atoms with Gasteiger partial charge in [0.1, 0.15) is 45.7 Å². The first-order valence-electron chi connectivity index (χ1n) is 17.1. The zero-order valence-electron chi connectivity index (χ0n) is 29.3. The second-order valence-electron chi connectivity index (χ2n) is 12.5. The number of nitrogens with two attached hydrogens (primary N) is 1. The molecule has 264 valence electrons. The molecule has 0 saturated carbocycles. The number of para-hydroxylation sites is 5. The average Bonchev–Trinajstić information content (AvgIpc) is 3.22. The molecule has 0 amide bonds. The highest BCUT2D eigenvalue weighted by molar-refractivity contribution is 5.62. The van der Waals surface area contributed by atoms with Crippen LogP contribution in [0.5, 0.6) is 34.5 Å². The number of aliphatic hydroxyl groups is 2. The smallest absolute Gasteiger partial charge is 0.147 e. The van der Waals surface area contributed by atoms with E-state index in [1.54, 1.807) is 14.2 Å². The van der Waals surface area contributed by atoms with Crippen LogP contribution >= 0.6 is 0 Å². The van der Waals surface area contributed by atoms with E-state index in [1.165, 1.54) is 0 Å². The molecule has 0 atom stereocenters. The van der Waals surface area contributed by atoms with Crippen LogP contribution in [0.15, 0.2) is 176 Å². The summed E-state index contributed by atoms with van der Waals surface area (Å²) < 4.78 is 22.4. The summed E-state index contributed by atoms with van der Waals surface area (Å²) in [5.74, 6) is 4.19. The van der Waals surface area contributed by atoms with Gasteiger partial charge in [-0.05, 0) is 71.8 Å². The first kappa shape index (κ1) is 34.9. The van der Waals surface area contributed by atoms with Crippen LogP contribution in [-0.4, -0.2) is 24.4 Å². The maximum absolute atomic E-state index is 11.7. The molecule has 7 heteroatoms. The average molecular weight is 702 g/mol. The topological polar surface area (TPSA) is 103 Å². The maximum Gasteiger partial charge on any atom is 0.147 e. The third kappa shape index (κ3) is 6.67. The van der Waals surface area contributed by atoms with Gasteiger partial charge in [-0.3, -0.25) is 0 Å². The van der Waals surface area contributed by atoms with Gasteiger partial charge in [-0.15, -0.1) is 0 Å². The van der Waals surface area contributed by atoms with Gasteiger partial charge >= 0.3 is 0 Å². The van der Waals surface area contributed by atoms with Gasteiger partial charge in [0.25, 0.3) is 0 Å². The summed E-state index contributed by atoms with van der Waals surface area (Å²) >= 11 is 0. The number of rotatable bonds is 4. The van der Waals surface area contributed by atoms with Gasteiger partial charge in [0.05, 0.1) is 14.2 Å². The summed E-state index contributed by atoms with van der Waals surface area (Å²) in [4.78, 5) is 0. The number of hydrogen-bond acceptors (Lipinski definition) is 7. The highest BCUT2D eigenvalue weighted by Crippen LogP contribution is 2.51. The quantitative estimate of drug-likeness (QED) is 0.157. The van der Waals surface area contributed by atoms with Crippen molar-refractivity contribution in [2.45, 2.75) is 11.2 Å². The van der Waals surface area contributed by atoms with Crippen LogP contribution in [-0.2, 0) is 11.2 Å². The monoisotopic (exact) mass is 701 g/mol. The molecule has 0 fully saturated rings. The predicted molar refractivity (Wildman–Crippen MR) is 207 cm³/mol. The van der Waals surface area contributed by atoms with Gasteiger partial charge in [0, 0.05) is 27.9 Å². The Labute approximate surface area is 309 Å². The first-order valence-corrected chi connectivity index (χ1v) is 17.1. The van der Waals surface area contributed by atoms with E-state index >= 15 is 0 Å². The van der Waals surface area contributed by atoms with Crippen LogP contribution in [0.25, 0.3) is 0 Å². The Morgan fingerprint density at radius 2 is 0.679 bits per heavy atom. The summed E-state index contributed by atoms with van der Waals surface area (Å²) in [7, 11) is 3.26.